The molecule has 0 radical (unpaired) electrons. The highest BCUT2D eigenvalue weighted by atomic mass is 35.5. The van der Waals surface area contributed by atoms with Crippen molar-refractivity contribution in [3.05, 3.63) is 53.1 Å². The molecule has 31 heavy (non-hydrogen) atoms. The minimum absolute atomic E-state index is 0.119. The molecule has 0 atom stereocenters. The zero-order chi connectivity index (χ0) is 22.6. The molecule has 3 rings (SSSR count). The van der Waals surface area contributed by atoms with Crippen molar-refractivity contribution in [2.75, 3.05) is 50.7 Å². The molecular formula is C22H28ClN3O4S. The summed E-state index contributed by atoms with van der Waals surface area (Å²) in [5.41, 5.74) is 1.26. The smallest absolute Gasteiger partial charge is 0.264 e. The highest BCUT2D eigenvalue weighted by molar-refractivity contribution is 7.92. The zero-order valence-corrected chi connectivity index (χ0v) is 19.6. The molecule has 1 aliphatic heterocycles. The second-order valence-electron chi connectivity index (χ2n) is 7.46. The standard InChI is InChI=1S/C22H28ClN3O4S/c1-4-24-11-13-25(14-12-24)22(27)16-26(18-7-10-21(30-3)20(23)15-18)31(28,29)19-8-5-17(2)6-9-19/h5-10,15H,4,11-14,16H2,1-3H3. The average molecular weight is 466 g/mol. The third-order valence-electron chi connectivity index (χ3n) is 5.48. The van der Waals surface area contributed by atoms with Gasteiger partial charge in [0.1, 0.15) is 12.3 Å². The first-order chi connectivity index (χ1) is 14.8. The third kappa shape index (κ3) is 5.31. The summed E-state index contributed by atoms with van der Waals surface area (Å²) in [6, 6.07) is 11.3. The number of anilines is 1. The van der Waals surface area contributed by atoms with Crippen molar-refractivity contribution in [2.24, 2.45) is 0 Å². The Morgan fingerprint density at radius 3 is 2.29 bits per heavy atom. The van der Waals surface area contributed by atoms with Gasteiger partial charge in [0.05, 0.1) is 22.7 Å². The number of methoxy groups -OCH3 is 1. The average Bonchev–Trinajstić information content (AvgIpc) is 2.77. The van der Waals surface area contributed by atoms with Crippen LogP contribution in [0, 0.1) is 6.92 Å². The number of nitrogens with zero attached hydrogens (tertiary/aromatic N) is 3. The molecule has 0 spiro atoms. The highest BCUT2D eigenvalue weighted by Gasteiger charge is 2.30. The summed E-state index contributed by atoms with van der Waals surface area (Å²) >= 11 is 6.26. The number of carbonyl (C=O) groups excluding carboxylic acids is 1. The van der Waals surface area contributed by atoms with E-state index in [-0.39, 0.29) is 22.4 Å². The van der Waals surface area contributed by atoms with Crippen molar-refractivity contribution in [2.45, 2.75) is 18.7 Å². The van der Waals surface area contributed by atoms with Gasteiger partial charge in [-0.15, -0.1) is 0 Å². The number of ether oxygens (including phenoxy) is 1. The number of halogens is 1. The highest BCUT2D eigenvalue weighted by Crippen LogP contribution is 2.32. The fourth-order valence-corrected chi connectivity index (χ4v) is 5.16. The molecule has 2 aromatic carbocycles. The molecule has 1 saturated heterocycles. The first kappa shape index (κ1) is 23.4. The van der Waals surface area contributed by atoms with Crippen molar-refractivity contribution >= 4 is 33.2 Å². The number of likely N-dealkylation sites (N-methyl/N-ethyl adjacent to an activating group) is 1. The SMILES string of the molecule is CCN1CCN(C(=O)CN(c2ccc(OC)c(Cl)c2)S(=O)(=O)c2ccc(C)cc2)CC1. The molecule has 0 aliphatic carbocycles. The maximum atomic E-state index is 13.5. The van der Waals surface area contributed by atoms with Gasteiger partial charge in [0.25, 0.3) is 10.0 Å². The van der Waals surface area contributed by atoms with E-state index in [1.165, 1.54) is 13.2 Å². The number of carbonyl (C=O) groups is 1. The van der Waals surface area contributed by atoms with Gasteiger partial charge in [-0.05, 0) is 43.8 Å². The van der Waals surface area contributed by atoms with Crippen molar-refractivity contribution in [1.29, 1.82) is 0 Å². The van der Waals surface area contributed by atoms with Crippen molar-refractivity contribution < 1.29 is 17.9 Å². The maximum Gasteiger partial charge on any atom is 0.264 e. The number of piperazine rings is 1. The van der Waals surface area contributed by atoms with Crippen LogP contribution in [0.15, 0.2) is 47.4 Å². The minimum atomic E-state index is -3.98. The Balaban J connectivity index is 1.93. The Morgan fingerprint density at radius 2 is 1.74 bits per heavy atom. The van der Waals surface area contributed by atoms with Crippen LogP contribution in [-0.4, -0.2) is 70.5 Å². The summed E-state index contributed by atoms with van der Waals surface area (Å²) in [6.07, 6.45) is 0. The molecule has 0 saturated carbocycles. The molecule has 0 N–H and O–H groups in total. The largest absolute Gasteiger partial charge is 0.495 e. The van der Waals surface area contributed by atoms with Gasteiger partial charge >= 0.3 is 0 Å². The Labute approximate surface area is 189 Å². The first-order valence-corrected chi connectivity index (χ1v) is 12.0. The molecule has 1 amide bonds. The summed E-state index contributed by atoms with van der Waals surface area (Å²) in [7, 11) is -2.49. The molecule has 7 nitrogen and oxygen atoms in total. The van der Waals surface area contributed by atoms with Gasteiger partial charge in [-0.1, -0.05) is 36.2 Å². The van der Waals surface area contributed by atoms with E-state index in [9.17, 15) is 13.2 Å². The van der Waals surface area contributed by atoms with E-state index in [1.54, 1.807) is 41.3 Å². The molecule has 1 heterocycles. The molecule has 0 bridgehead atoms. The van der Waals surface area contributed by atoms with Crippen LogP contribution in [0.1, 0.15) is 12.5 Å². The number of rotatable bonds is 7. The van der Waals surface area contributed by atoms with Crippen LogP contribution < -0.4 is 9.04 Å². The van der Waals surface area contributed by atoms with Crippen LogP contribution in [-0.2, 0) is 14.8 Å². The number of hydrogen-bond acceptors (Lipinski definition) is 5. The van der Waals surface area contributed by atoms with Crippen LogP contribution in [0.25, 0.3) is 0 Å². The fraction of sp³-hybridized carbons (Fsp3) is 0.409. The van der Waals surface area contributed by atoms with E-state index in [1.807, 2.05) is 6.92 Å². The number of amides is 1. The van der Waals surface area contributed by atoms with Gasteiger partial charge in [0.2, 0.25) is 5.91 Å². The number of sulfonamides is 1. The second kappa shape index (κ2) is 9.89. The lowest BCUT2D eigenvalue weighted by Gasteiger charge is -2.35. The molecule has 9 heteroatoms. The molecule has 0 aromatic heterocycles. The van der Waals surface area contributed by atoms with Gasteiger partial charge in [0, 0.05) is 26.2 Å². The van der Waals surface area contributed by atoms with Crippen molar-refractivity contribution in [3.63, 3.8) is 0 Å². The molecular weight excluding hydrogens is 438 g/mol. The molecule has 2 aromatic rings. The monoisotopic (exact) mass is 465 g/mol. The van der Waals surface area contributed by atoms with E-state index >= 15 is 0 Å². The summed E-state index contributed by atoms with van der Waals surface area (Å²) < 4.78 is 33.3. The van der Waals surface area contributed by atoms with Crippen molar-refractivity contribution in [1.82, 2.24) is 9.80 Å². The lowest BCUT2D eigenvalue weighted by Crippen LogP contribution is -2.51. The molecule has 0 unspecified atom stereocenters. The summed E-state index contributed by atoms with van der Waals surface area (Å²) in [6.45, 7) is 7.31. The van der Waals surface area contributed by atoms with Gasteiger partial charge in [0.15, 0.2) is 0 Å². The predicted octanol–water partition coefficient (Wildman–Crippen LogP) is 3.02. The van der Waals surface area contributed by atoms with E-state index in [0.29, 0.717) is 24.5 Å². The zero-order valence-electron chi connectivity index (χ0n) is 18.0. The molecule has 168 valence electrons. The van der Waals surface area contributed by atoms with E-state index in [0.717, 1.165) is 29.5 Å². The van der Waals surface area contributed by atoms with Gasteiger partial charge in [-0.2, -0.15) is 0 Å². The van der Waals surface area contributed by atoms with Crippen LogP contribution >= 0.6 is 11.6 Å². The van der Waals surface area contributed by atoms with E-state index in [2.05, 4.69) is 11.8 Å². The van der Waals surface area contributed by atoms with Crippen molar-refractivity contribution in [3.8, 4) is 5.75 Å². The van der Waals surface area contributed by atoms with Gasteiger partial charge < -0.3 is 14.5 Å². The first-order valence-electron chi connectivity index (χ1n) is 10.2. The van der Waals surface area contributed by atoms with Crippen LogP contribution in [0.4, 0.5) is 5.69 Å². The summed E-state index contributed by atoms with van der Waals surface area (Å²) in [4.78, 5) is 17.2. The normalized spacial score (nSPS) is 15.0. The molecule has 1 fully saturated rings. The second-order valence-corrected chi connectivity index (χ2v) is 9.73. The quantitative estimate of drug-likeness (QED) is 0.628. The summed E-state index contributed by atoms with van der Waals surface area (Å²) in [5, 5.41) is 0.271. The fourth-order valence-electron chi connectivity index (χ4n) is 3.50. The molecule has 1 aliphatic rings. The summed E-state index contributed by atoms with van der Waals surface area (Å²) in [5.74, 6) is 0.193. The Bertz CT molecular complexity index is 1020. The minimum Gasteiger partial charge on any atom is -0.495 e. The van der Waals surface area contributed by atoms with Crippen LogP contribution in [0.5, 0.6) is 5.75 Å². The van der Waals surface area contributed by atoms with E-state index < -0.39 is 10.0 Å². The van der Waals surface area contributed by atoms with Gasteiger partial charge in [-0.25, -0.2) is 8.42 Å². The lowest BCUT2D eigenvalue weighted by molar-refractivity contribution is -0.131. The third-order valence-corrected chi connectivity index (χ3v) is 7.57. The Kier molecular flexibility index (Phi) is 7.46. The van der Waals surface area contributed by atoms with Crippen LogP contribution in [0.3, 0.4) is 0 Å². The lowest BCUT2D eigenvalue weighted by atomic mass is 10.2. The Morgan fingerprint density at radius 1 is 1.10 bits per heavy atom. The van der Waals surface area contributed by atoms with Crippen LogP contribution in [0.2, 0.25) is 5.02 Å². The predicted molar refractivity (Wildman–Crippen MR) is 122 cm³/mol. The number of benzene rings is 2. The number of aryl methyl sites for hydroxylation is 1. The topological polar surface area (TPSA) is 70.2 Å². The van der Waals surface area contributed by atoms with Gasteiger partial charge in [-0.3, -0.25) is 9.10 Å². The number of hydrogen-bond donors (Lipinski definition) is 0. The Hall–Kier alpha value is -2.29. The maximum absolute atomic E-state index is 13.5. The van der Waals surface area contributed by atoms with E-state index in [4.69, 9.17) is 16.3 Å².